The van der Waals surface area contributed by atoms with E-state index in [0.29, 0.717) is 16.3 Å². The van der Waals surface area contributed by atoms with Gasteiger partial charge in [-0.2, -0.15) is 5.26 Å². The van der Waals surface area contributed by atoms with Crippen molar-refractivity contribution in [2.24, 2.45) is 0 Å². The summed E-state index contributed by atoms with van der Waals surface area (Å²) < 4.78 is 0. The van der Waals surface area contributed by atoms with Crippen molar-refractivity contribution in [1.82, 2.24) is 0 Å². The molecule has 0 unspecified atom stereocenters. The van der Waals surface area contributed by atoms with Gasteiger partial charge in [0.1, 0.15) is 0 Å². The molecule has 0 aliphatic carbocycles. The number of carboxylic acids is 1. The maximum absolute atomic E-state index is 11.5. The van der Waals surface area contributed by atoms with Crippen molar-refractivity contribution in [3.05, 3.63) is 28.8 Å². The third-order valence-electron chi connectivity index (χ3n) is 1.83. The number of carboxylic acid groups (broad SMARTS) is 1. The van der Waals surface area contributed by atoms with Gasteiger partial charge < -0.3 is 10.4 Å². The number of hydrogen-bond donors (Lipinski definition) is 2. The zero-order valence-corrected chi connectivity index (χ0v) is 10.7. The van der Waals surface area contributed by atoms with E-state index in [-0.39, 0.29) is 17.4 Å². The van der Waals surface area contributed by atoms with Crippen LogP contribution in [-0.4, -0.2) is 28.5 Å². The molecular formula is C11H9ClN2O3S. The molecule has 0 aromatic heterocycles. The van der Waals surface area contributed by atoms with Gasteiger partial charge in [-0.15, -0.1) is 11.8 Å². The number of halogens is 1. The van der Waals surface area contributed by atoms with E-state index >= 15 is 0 Å². The molecule has 0 saturated heterocycles. The van der Waals surface area contributed by atoms with Crippen molar-refractivity contribution in [2.75, 3.05) is 16.8 Å². The van der Waals surface area contributed by atoms with E-state index in [4.69, 9.17) is 22.0 Å². The van der Waals surface area contributed by atoms with Crippen molar-refractivity contribution in [3.8, 4) is 6.07 Å². The minimum atomic E-state index is -0.975. The Morgan fingerprint density at radius 1 is 1.44 bits per heavy atom. The number of nitrogens with zero attached hydrogens (tertiary/aromatic N) is 1. The summed E-state index contributed by atoms with van der Waals surface area (Å²) >= 11 is 6.84. The van der Waals surface area contributed by atoms with Crippen molar-refractivity contribution in [2.45, 2.75) is 0 Å². The molecule has 18 heavy (non-hydrogen) atoms. The van der Waals surface area contributed by atoms with Crippen LogP contribution in [0.1, 0.15) is 5.56 Å². The van der Waals surface area contributed by atoms with Crippen molar-refractivity contribution >= 4 is 40.9 Å². The number of amides is 1. The quantitative estimate of drug-likeness (QED) is 0.863. The Labute approximate surface area is 113 Å². The molecule has 5 nitrogen and oxygen atoms in total. The molecule has 0 radical (unpaired) electrons. The standard InChI is InChI=1S/C11H9ClN2O3S/c12-8-2-1-7(4-13)3-9(8)14-10(15)5-18-6-11(16)17/h1-3H,5-6H2,(H,14,15)(H,16,17). The number of anilines is 1. The van der Waals surface area contributed by atoms with Gasteiger partial charge in [-0.25, -0.2) is 0 Å². The molecule has 0 saturated carbocycles. The SMILES string of the molecule is N#Cc1ccc(Cl)c(NC(=O)CSCC(=O)O)c1. The molecule has 0 spiro atoms. The van der Waals surface area contributed by atoms with Crippen LogP contribution in [-0.2, 0) is 9.59 Å². The van der Waals surface area contributed by atoms with Crippen LogP contribution in [0.3, 0.4) is 0 Å². The molecule has 1 aromatic rings. The number of aliphatic carboxylic acids is 1. The zero-order chi connectivity index (χ0) is 13.5. The maximum Gasteiger partial charge on any atom is 0.313 e. The number of hydrogen-bond acceptors (Lipinski definition) is 4. The summed E-state index contributed by atoms with van der Waals surface area (Å²) in [6.07, 6.45) is 0. The van der Waals surface area contributed by atoms with E-state index in [0.717, 1.165) is 11.8 Å². The molecule has 0 fully saturated rings. The summed E-state index contributed by atoms with van der Waals surface area (Å²) in [5.41, 5.74) is 0.726. The number of rotatable bonds is 5. The molecule has 7 heteroatoms. The Hall–Kier alpha value is -1.71. The molecule has 0 bridgehead atoms. The fourth-order valence-corrected chi connectivity index (χ4v) is 1.81. The molecule has 0 atom stereocenters. The smallest absolute Gasteiger partial charge is 0.313 e. The molecule has 0 aliphatic rings. The summed E-state index contributed by atoms with van der Waals surface area (Å²) in [7, 11) is 0. The summed E-state index contributed by atoms with van der Waals surface area (Å²) in [5.74, 6) is -1.46. The van der Waals surface area contributed by atoms with Gasteiger partial charge in [0.2, 0.25) is 5.91 Å². The Balaban J connectivity index is 2.59. The van der Waals surface area contributed by atoms with E-state index in [1.807, 2.05) is 6.07 Å². The van der Waals surface area contributed by atoms with Gasteiger partial charge in [0.25, 0.3) is 0 Å². The maximum atomic E-state index is 11.5. The van der Waals surface area contributed by atoms with Crippen LogP contribution in [0.2, 0.25) is 5.02 Å². The van der Waals surface area contributed by atoms with Gasteiger partial charge in [0.15, 0.2) is 0 Å². The monoisotopic (exact) mass is 284 g/mol. The van der Waals surface area contributed by atoms with Crippen molar-refractivity contribution in [1.29, 1.82) is 5.26 Å². The second-order valence-electron chi connectivity index (χ2n) is 3.24. The highest BCUT2D eigenvalue weighted by Crippen LogP contribution is 2.22. The fourth-order valence-electron chi connectivity index (χ4n) is 1.11. The topological polar surface area (TPSA) is 90.2 Å². The predicted molar refractivity (Wildman–Crippen MR) is 69.8 cm³/mol. The summed E-state index contributed by atoms with van der Waals surface area (Å²) in [6.45, 7) is 0. The van der Waals surface area contributed by atoms with E-state index in [1.54, 1.807) is 0 Å². The molecule has 94 valence electrons. The van der Waals surface area contributed by atoms with E-state index in [9.17, 15) is 9.59 Å². The second-order valence-corrected chi connectivity index (χ2v) is 4.63. The highest BCUT2D eigenvalue weighted by Gasteiger charge is 2.08. The summed E-state index contributed by atoms with van der Waals surface area (Å²) in [5, 5.41) is 20.0. The van der Waals surface area contributed by atoms with E-state index in [2.05, 4.69) is 5.32 Å². The fraction of sp³-hybridized carbons (Fsp3) is 0.182. The number of benzene rings is 1. The molecule has 1 aromatic carbocycles. The normalized spacial score (nSPS) is 9.56. The minimum Gasteiger partial charge on any atom is -0.481 e. The number of thioether (sulfide) groups is 1. The molecule has 0 heterocycles. The van der Waals surface area contributed by atoms with Crippen LogP contribution in [0.4, 0.5) is 5.69 Å². The lowest BCUT2D eigenvalue weighted by Gasteiger charge is -2.06. The van der Waals surface area contributed by atoms with E-state index < -0.39 is 5.97 Å². The average molecular weight is 285 g/mol. The second kappa shape index (κ2) is 6.89. The van der Waals surface area contributed by atoms with Crippen LogP contribution in [0.25, 0.3) is 0 Å². The first-order chi connectivity index (χ1) is 8.52. The molecule has 1 rings (SSSR count). The van der Waals surface area contributed by atoms with Gasteiger partial charge >= 0.3 is 5.97 Å². The van der Waals surface area contributed by atoms with Gasteiger partial charge in [-0.3, -0.25) is 9.59 Å². The Morgan fingerprint density at radius 2 is 2.17 bits per heavy atom. The predicted octanol–water partition coefficient (Wildman–Crippen LogP) is 1.97. The lowest BCUT2D eigenvalue weighted by Crippen LogP contribution is -2.15. The van der Waals surface area contributed by atoms with E-state index in [1.165, 1.54) is 18.2 Å². The van der Waals surface area contributed by atoms with Crippen LogP contribution in [0, 0.1) is 11.3 Å². The van der Waals surface area contributed by atoms with Gasteiger partial charge in [-0.05, 0) is 18.2 Å². The Morgan fingerprint density at radius 3 is 2.78 bits per heavy atom. The third kappa shape index (κ3) is 4.65. The van der Waals surface area contributed by atoms with Crippen molar-refractivity contribution < 1.29 is 14.7 Å². The minimum absolute atomic E-state index is 0.0133. The van der Waals surface area contributed by atoms with Crippen LogP contribution in [0.15, 0.2) is 18.2 Å². The van der Waals surface area contributed by atoms with Crippen molar-refractivity contribution in [3.63, 3.8) is 0 Å². The first-order valence-corrected chi connectivity index (χ1v) is 6.35. The number of nitriles is 1. The van der Waals surface area contributed by atoms with Gasteiger partial charge in [0, 0.05) is 0 Å². The molecule has 0 aliphatic heterocycles. The number of carbonyl (C=O) groups excluding carboxylic acids is 1. The Kier molecular flexibility index (Phi) is 5.49. The number of nitrogens with one attached hydrogen (secondary N) is 1. The largest absolute Gasteiger partial charge is 0.481 e. The van der Waals surface area contributed by atoms with Crippen LogP contribution in [0.5, 0.6) is 0 Å². The van der Waals surface area contributed by atoms with Crippen LogP contribution >= 0.6 is 23.4 Å². The van der Waals surface area contributed by atoms with Gasteiger partial charge in [-0.1, -0.05) is 11.6 Å². The average Bonchev–Trinajstić information content (AvgIpc) is 2.31. The summed E-state index contributed by atoms with van der Waals surface area (Å²) in [4.78, 5) is 21.7. The lowest BCUT2D eigenvalue weighted by atomic mass is 10.2. The Bertz CT molecular complexity index is 514. The first kappa shape index (κ1) is 14.4. The summed E-state index contributed by atoms with van der Waals surface area (Å²) in [6, 6.07) is 6.45. The van der Waals surface area contributed by atoms with Crippen LogP contribution < -0.4 is 5.32 Å². The third-order valence-corrected chi connectivity index (χ3v) is 3.08. The lowest BCUT2D eigenvalue weighted by molar-refractivity contribution is -0.133. The highest BCUT2D eigenvalue weighted by atomic mass is 35.5. The first-order valence-electron chi connectivity index (χ1n) is 4.82. The molecule has 2 N–H and O–H groups in total. The molecular weight excluding hydrogens is 276 g/mol. The molecule has 1 amide bonds. The van der Waals surface area contributed by atoms with Gasteiger partial charge in [0.05, 0.1) is 33.8 Å². The number of carbonyl (C=O) groups is 2. The zero-order valence-electron chi connectivity index (χ0n) is 9.14. The highest BCUT2D eigenvalue weighted by molar-refractivity contribution is 8.00.